The molecule has 2 aromatic carbocycles. The lowest BCUT2D eigenvalue weighted by molar-refractivity contribution is -0.143. The molecule has 2 aromatic rings. The number of hydrogen-bond donors (Lipinski definition) is 1. The third kappa shape index (κ3) is 9.42. The SMILES string of the molecule is CCCC(OCC(O)CN1CCC[C@H]1Cc1ccc(Cl)c(Cl)c1)c1ccc(Cl)cc1CCC(=O)OCC. The maximum absolute atomic E-state index is 11.9. The van der Waals surface area contributed by atoms with Crippen LogP contribution in [0.1, 0.15) is 68.7 Å². The minimum atomic E-state index is -0.607. The lowest BCUT2D eigenvalue weighted by Crippen LogP contribution is -2.39. The summed E-state index contributed by atoms with van der Waals surface area (Å²) in [5.74, 6) is -0.224. The predicted molar refractivity (Wildman–Crippen MR) is 151 cm³/mol. The van der Waals surface area contributed by atoms with Gasteiger partial charge in [0.15, 0.2) is 0 Å². The molecule has 5 nitrogen and oxygen atoms in total. The number of aliphatic hydroxyl groups is 1. The molecule has 1 fully saturated rings. The van der Waals surface area contributed by atoms with E-state index in [-0.39, 0.29) is 25.1 Å². The number of esters is 1. The van der Waals surface area contributed by atoms with Crippen molar-refractivity contribution in [3.05, 3.63) is 68.2 Å². The van der Waals surface area contributed by atoms with Crippen molar-refractivity contribution in [2.45, 2.75) is 77.0 Å². The maximum atomic E-state index is 11.9. The highest BCUT2D eigenvalue weighted by atomic mass is 35.5. The molecule has 1 heterocycles. The fourth-order valence-electron chi connectivity index (χ4n) is 5.02. The molecule has 3 rings (SSSR count). The molecule has 0 bridgehead atoms. The highest BCUT2D eigenvalue weighted by Gasteiger charge is 2.27. The van der Waals surface area contributed by atoms with Crippen molar-refractivity contribution in [1.29, 1.82) is 0 Å². The standard InChI is InChI=1S/C29H38Cl3NO4/c1-3-6-28(25-11-10-22(30)17-21(25)9-13-29(35)36-4-2)37-19-24(34)18-33-14-5-7-23(33)15-20-8-12-26(31)27(32)16-20/h8,10-12,16-17,23-24,28,34H,3-7,9,13-15,18-19H2,1-2H3/t23-,24?,28?/m0/s1. The van der Waals surface area contributed by atoms with Crippen LogP contribution < -0.4 is 0 Å². The van der Waals surface area contributed by atoms with Gasteiger partial charge in [-0.05, 0) is 86.5 Å². The molecule has 1 aliphatic rings. The molecule has 0 aliphatic carbocycles. The third-order valence-corrected chi connectivity index (χ3v) is 7.77. The van der Waals surface area contributed by atoms with Crippen molar-refractivity contribution in [2.75, 3.05) is 26.3 Å². The number of carbonyl (C=O) groups excluding carboxylic acids is 1. The summed E-state index contributed by atoms with van der Waals surface area (Å²) in [5.41, 5.74) is 3.15. The Balaban J connectivity index is 1.59. The van der Waals surface area contributed by atoms with Crippen LogP contribution in [0.15, 0.2) is 36.4 Å². The molecule has 0 amide bonds. The smallest absolute Gasteiger partial charge is 0.306 e. The van der Waals surface area contributed by atoms with Gasteiger partial charge >= 0.3 is 5.97 Å². The van der Waals surface area contributed by atoms with Gasteiger partial charge in [-0.1, -0.05) is 60.3 Å². The van der Waals surface area contributed by atoms with Crippen molar-refractivity contribution in [1.82, 2.24) is 4.90 Å². The van der Waals surface area contributed by atoms with Gasteiger partial charge in [0.25, 0.3) is 0 Å². The Kier molecular flexibility index (Phi) is 12.5. The van der Waals surface area contributed by atoms with Gasteiger partial charge in [0.1, 0.15) is 0 Å². The monoisotopic (exact) mass is 569 g/mol. The first-order chi connectivity index (χ1) is 17.8. The first kappa shape index (κ1) is 30.2. The Labute approximate surface area is 236 Å². The van der Waals surface area contributed by atoms with E-state index in [2.05, 4.69) is 11.8 Å². The normalized spacial score (nSPS) is 17.6. The third-order valence-electron chi connectivity index (χ3n) is 6.80. The molecule has 0 saturated carbocycles. The van der Waals surface area contributed by atoms with Gasteiger partial charge in [-0.2, -0.15) is 0 Å². The van der Waals surface area contributed by atoms with Crippen LogP contribution in [-0.2, 0) is 27.1 Å². The molecule has 2 unspecified atom stereocenters. The molecule has 0 radical (unpaired) electrons. The van der Waals surface area contributed by atoms with E-state index in [1.54, 1.807) is 6.92 Å². The molecule has 1 saturated heterocycles. The van der Waals surface area contributed by atoms with Gasteiger partial charge in [-0.3, -0.25) is 9.69 Å². The fourth-order valence-corrected chi connectivity index (χ4v) is 5.54. The molecule has 0 spiro atoms. The molecule has 0 aromatic heterocycles. The summed E-state index contributed by atoms with van der Waals surface area (Å²) in [6, 6.07) is 11.9. The van der Waals surface area contributed by atoms with Crippen molar-refractivity contribution in [2.24, 2.45) is 0 Å². The van der Waals surface area contributed by atoms with Crippen LogP contribution in [0.2, 0.25) is 15.1 Å². The van der Waals surface area contributed by atoms with E-state index in [1.165, 1.54) is 0 Å². The Morgan fingerprint density at radius 1 is 1.14 bits per heavy atom. The first-order valence-electron chi connectivity index (χ1n) is 13.2. The molecular weight excluding hydrogens is 533 g/mol. The first-order valence-corrected chi connectivity index (χ1v) is 14.4. The molecule has 1 aliphatic heterocycles. The number of halogens is 3. The van der Waals surface area contributed by atoms with E-state index in [0.29, 0.717) is 40.7 Å². The van der Waals surface area contributed by atoms with Crippen LogP contribution in [-0.4, -0.2) is 54.4 Å². The number of rotatable bonds is 14. The van der Waals surface area contributed by atoms with Crippen molar-refractivity contribution >= 4 is 40.8 Å². The van der Waals surface area contributed by atoms with Crippen molar-refractivity contribution in [3.63, 3.8) is 0 Å². The summed E-state index contributed by atoms with van der Waals surface area (Å²) in [6.07, 6.45) is 4.83. The fraction of sp³-hybridized carbons (Fsp3) is 0.552. The molecule has 8 heteroatoms. The van der Waals surface area contributed by atoms with Gasteiger partial charge < -0.3 is 14.6 Å². The average Bonchev–Trinajstić information content (AvgIpc) is 3.29. The second-order valence-corrected chi connectivity index (χ2v) is 10.9. The summed E-state index contributed by atoms with van der Waals surface area (Å²) in [7, 11) is 0. The number of aliphatic hydroxyl groups excluding tert-OH is 1. The number of likely N-dealkylation sites (tertiary alicyclic amines) is 1. The van der Waals surface area contributed by atoms with Gasteiger partial charge in [0.2, 0.25) is 0 Å². The molecule has 1 N–H and O–H groups in total. The zero-order valence-electron chi connectivity index (χ0n) is 21.7. The number of β-amino-alcohol motifs (C(OH)–C–C–N with tert-alkyl or cyclic N) is 1. The molecule has 204 valence electrons. The van der Waals surface area contributed by atoms with Gasteiger partial charge in [-0.15, -0.1) is 0 Å². The second-order valence-electron chi connectivity index (χ2n) is 9.66. The van der Waals surface area contributed by atoms with Gasteiger partial charge in [0.05, 0.1) is 35.5 Å². The van der Waals surface area contributed by atoms with Crippen molar-refractivity contribution in [3.8, 4) is 0 Å². The number of hydrogen-bond acceptors (Lipinski definition) is 5. The summed E-state index contributed by atoms with van der Waals surface area (Å²) in [4.78, 5) is 14.3. The summed E-state index contributed by atoms with van der Waals surface area (Å²) in [5, 5.41) is 12.7. The quantitative estimate of drug-likeness (QED) is 0.246. The number of nitrogens with zero attached hydrogens (tertiary/aromatic N) is 1. The van der Waals surface area contributed by atoms with Crippen LogP contribution in [0.5, 0.6) is 0 Å². The van der Waals surface area contributed by atoms with Crippen molar-refractivity contribution < 1.29 is 19.4 Å². The van der Waals surface area contributed by atoms with E-state index in [9.17, 15) is 9.90 Å². The minimum absolute atomic E-state index is 0.181. The Morgan fingerprint density at radius 2 is 1.95 bits per heavy atom. The summed E-state index contributed by atoms with van der Waals surface area (Å²) >= 11 is 18.5. The van der Waals surface area contributed by atoms with Gasteiger partial charge in [0, 0.05) is 24.0 Å². The van der Waals surface area contributed by atoms with Crippen LogP contribution in [0.3, 0.4) is 0 Å². The number of carbonyl (C=O) groups is 1. The second kappa shape index (κ2) is 15.3. The largest absolute Gasteiger partial charge is 0.466 e. The zero-order chi connectivity index (χ0) is 26.8. The molecular formula is C29H38Cl3NO4. The van der Waals surface area contributed by atoms with E-state index in [1.807, 2.05) is 36.4 Å². The van der Waals surface area contributed by atoms with E-state index < -0.39 is 6.10 Å². The number of aryl methyl sites for hydroxylation is 1. The van der Waals surface area contributed by atoms with E-state index >= 15 is 0 Å². The lowest BCUT2D eigenvalue weighted by Gasteiger charge is -2.28. The van der Waals surface area contributed by atoms with Crippen LogP contribution in [0.25, 0.3) is 0 Å². The maximum Gasteiger partial charge on any atom is 0.306 e. The Hall–Kier alpha value is -1.34. The van der Waals surface area contributed by atoms with Gasteiger partial charge in [-0.25, -0.2) is 0 Å². The number of ether oxygens (including phenoxy) is 2. The Bertz CT molecular complexity index is 1020. The molecule has 37 heavy (non-hydrogen) atoms. The highest BCUT2D eigenvalue weighted by Crippen LogP contribution is 2.30. The number of benzene rings is 2. The summed E-state index contributed by atoms with van der Waals surface area (Å²) in [6.45, 7) is 6.03. The highest BCUT2D eigenvalue weighted by molar-refractivity contribution is 6.42. The minimum Gasteiger partial charge on any atom is -0.466 e. The van der Waals surface area contributed by atoms with E-state index in [0.717, 1.165) is 55.3 Å². The lowest BCUT2D eigenvalue weighted by atomic mass is 9.96. The van der Waals surface area contributed by atoms with Crippen LogP contribution in [0.4, 0.5) is 0 Å². The average molecular weight is 571 g/mol. The summed E-state index contributed by atoms with van der Waals surface area (Å²) < 4.78 is 11.4. The van der Waals surface area contributed by atoms with E-state index in [4.69, 9.17) is 44.3 Å². The Morgan fingerprint density at radius 3 is 2.68 bits per heavy atom. The zero-order valence-corrected chi connectivity index (χ0v) is 24.0. The topological polar surface area (TPSA) is 59.0 Å². The predicted octanol–water partition coefficient (Wildman–Crippen LogP) is 7.07. The van der Waals surface area contributed by atoms with Crippen LogP contribution >= 0.6 is 34.8 Å². The molecule has 3 atom stereocenters. The van der Waals surface area contributed by atoms with Crippen LogP contribution in [0, 0.1) is 0 Å².